The monoisotopic (exact) mass is 247 g/mol. The molecule has 0 saturated carbocycles. The molecular weight excluding hydrogens is 233 g/mol. The van der Waals surface area contributed by atoms with Crippen LogP contribution in [0.15, 0.2) is 45.3 Å². The van der Waals surface area contributed by atoms with Crippen molar-refractivity contribution in [3.8, 4) is 0 Å². The van der Waals surface area contributed by atoms with Gasteiger partial charge in [0, 0.05) is 10.9 Å². The largest absolute Gasteiger partial charge is 0.408 e. The molecule has 0 aliphatic carbocycles. The van der Waals surface area contributed by atoms with Gasteiger partial charge in [0.1, 0.15) is 11.3 Å². The highest BCUT2D eigenvalue weighted by Crippen LogP contribution is 2.30. The molecule has 2 N–H and O–H groups in total. The molecule has 88 valence electrons. The summed E-state index contributed by atoms with van der Waals surface area (Å²) in [7, 11) is -1.44. The molecule has 0 fully saturated rings. The summed E-state index contributed by atoms with van der Waals surface area (Å²) in [6.07, 6.45) is 5.52. The molecule has 0 aliphatic heterocycles. The Morgan fingerprint density at radius 1 is 1.29 bits per heavy atom. The Morgan fingerprint density at radius 2 is 2.06 bits per heavy atom. The number of hydrogen-bond donors (Lipinski definition) is 1. The lowest BCUT2D eigenvalue weighted by Crippen LogP contribution is -1.78. The van der Waals surface area contributed by atoms with Crippen molar-refractivity contribution in [2.24, 2.45) is 0 Å². The van der Waals surface area contributed by atoms with E-state index in [2.05, 4.69) is 6.58 Å². The average molecular weight is 247 g/mol. The number of hydrogen-bond acceptors (Lipinski definition) is 3. The molecule has 0 saturated heterocycles. The summed E-state index contributed by atoms with van der Waals surface area (Å²) in [5, 5.41) is 0.950. The molecule has 0 bridgehead atoms. The Morgan fingerprint density at radius 3 is 2.76 bits per heavy atom. The van der Waals surface area contributed by atoms with E-state index in [0.29, 0.717) is 5.76 Å². The normalized spacial score (nSPS) is 12.0. The third-order valence-electron chi connectivity index (χ3n) is 2.34. The van der Waals surface area contributed by atoms with Gasteiger partial charge in [-0.05, 0) is 19.1 Å². The summed E-state index contributed by atoms with van der Waals surface area (Å²) in [4.78, 5) is 0. The second-order valence-corrected chi connectivity index (χ2v) is 4.38. The zero-order valence-corrected chi connectivity index (χ0v) is 10.5. The molecule has 17 heavy (non-hydrogen) atoms. The fraction of sp³-hybridized carbons (Fsp3) is 0.0769. The van der Waals surface area contributed by atoms with Gasteiger partial charge in [-0.2, -0.15) is 0 Å². The van der Waals surface area contributed by atoms with Crippen LogP contribution in [0.5, 0.6) is 0 Å². The summed E-state index contributed by atoms with van der Waals surface area (Å²) < 4.78 is 11.1. The van der Waals surface area contributed by atoms with E-state index in [1.54, 1.807) is 6.08 Å². The maximum absolute atomic E-state index is 5.81. The molecule has 2 aromatic rings. The second kappa shape index (κ2) is 5.09. The fourth-order valence-electron chi connectivity index (χ4n) is 1.65. The van der Waals surface area contributed by atoms with Gasteiger partial charge in [0.25, 0.3) is 0 Å². The number of fused-ring (bicyclic) bond motifs is 1. The lowest BCUT2D eigenvalue weighted by atomic mass is 10.1. The Kier molecular flexibility index (Phi) is 3.52. The smallest absolute Gasteiger partial charge is 0.303 e. The summed E-state index contributed by atoms with van der Waals surface area (Å²) in [5.41, 5.74) is 7.43. The van der Waals surface area contributed by atoms with Crippen LogP contribution in [0.2, 0.25) is 0 Å². The first-order chi connectivity index (χ1) is 8.26. The Bertz CT molecular complexity index is 615. The van der Waals surface area contributed by atoms with E-state index in [9.17, 15) is 0 Å². The van der Waals surface area contributed by atoms with Crippen molar-refractivity contribution >= 4 is 31.3 Å². The van der Waals surface area contributed by atoms with Gasteiger partial charge in [-0.15, -0.1) is 0 Å². The summed E-state index contributed by atoms with van der Waals surface area (Å²) in [6, 6.07) is 7.70. The molecule has 4 heteroatoms. The Balaban J connectivity index is 2.97. The third-order valence-corrected chi connectivity index (χ3v) is 3.09. The number of rotatable bonds is 2. The van der Waals surface area contributed by atoms with E-state index >= 15 is 0 Å². The molecule has 2 rings (SSSR count). The Labute approximate surface area is 101 Å². The molecule has 0 aliphatic rings. The highest BCUT2D eigenvalue weighted by Gasteiger charge is 2.05. The van der Waals surface area contributed by atoms with Crippen LogP contribution >= 0.6 is 8.16 Å². The van der Waals surface area contributed by atoms with Crippen LogP contribution in [0.4, 0.5) is 0 Å². The predicted molar refractivity (Wildman–Crippen MR) is 73.8 cm³/mol. The zero-order chi connectivity index (χ0) is 12.3. The summed E-state index contributed by atoms with van der Waals surface area (Å²) >= 11 is 0. The highest BCUT2D eigenvalue weighted by molar-refractivity contribution is 7.36. The highest BCUT2D eigenvalue weighted by atomic mass is 31.1. The minimum Gasteiger partial charge on any atom is -0.408 e. The molecule has 3 nitrogen and oxygen atoms in total. The zero-order valence-electron chi connectivity index (χ0n) is 9.59. The van der Waals surface area contributed by atoms with Gasteiger partial charge in [0.05, 0.1) is 0 Å². The van der Waals surface area contributed by atoms with E-state index in [0.717, 1.165) is 16.5 Å². The van der Waals surface area contributed by atoms with Crippen LogP contribution in [-0.2, 0) is 0 Å². The first-order valence-corrected chi connectivity index (χ1v) is 6.50. The lowest BCUT2D eigenvalue weighted by Gasteiger charge is -1.96. The molecular formula is C13H14NO2P. The topological polar surface area (TPSA) is 52.3 Å². The van der Waals surface area contributed by atoms with Crippen molar-refractivity contribution in [1.29, 1.82) is 0 Å². The van der Waals surface area contributed by atoms with Crippen LogP contribution in [-0.4, -0.2) is 0 Å². The SMILES string of the molecule is C=Cc1c(/C=C\C)op(N)oc2ccccc12. The van der Waals surface area contributed by atoms with Crippen molar-refractivity contribution in [2.75, 3.05) is 5.50 Å². The minimum absolute atomic E-state index is 0.695. The summed E-state index contributed by atoms with van der Waals surface area (Å²) in [5.74, 6) is 0.695. The number of nitrogens with two attached hydrogens (primary N) is 1. The van der Waals surface area contributed by atoms with Gasteiger partial charge in [-0.1, -0.05) is 36.9 Å². The molecule has 1 atom stereocenters. The van der Waals surface area contributed by atoms with Crippen LogP contribution in [0.1, 0.15) is 18.2 Å². The lowest BCUT2D eigenvalue weighted by molar-refractivity contribution is 0.607. The molecule has 0 amide bonds. The van der Waals surface area contributed by atoms with Gasteiger partial charge in [-0.3, -0.25) is 0 Å². The van der Waals surface area contributed by atoms with Crippen molar-refractivity contribution < 1.29 is 8.39 Å². The fourth-order valence-corrected chi connectivity index (χ4v) is 2.39. The number of allylic oxidation sites excluding steroid dienone is 1. The van der Waals surface area contributed by atoms with Gasteiger partial charge < -0.3 is 8.39 Å². The van der Waals surface area contributed by atoms with Gasteiger partial charge in [0.15, 0.2) is 0 Å². The van der Waals surface area contributed by atoms with Crippen LogP contribution in [0.25, 0.3) is 23.1 Å². The van der Waals surface area contributed by atoms with E-state index in [-0.39, 0.29) is 0 Å². The van der Waals surface area contributed by atoms with E-state index < -0.39 is 8.16 Å². The molecule has 1 aromatic heterocycles. The average Bonchev–Trinajstić information content (AvgIpc) is 2.44. The van der Waals surface area contributed by atoms with Crippen molar-refractivity contribution in [1.82, 2.24) is 0 Å². The second-order valence-electron chi connectivity index (χ2n) is 3.45. The predicted octanol–water partition coefficient (Wildman–Crippen LogP) is 4.53. The maximum Gasteiger partial charge on any atom is 0.303 e. The van der Waals surface area contributed by atoms with Gasteiger partial charge >= 0.3 is 8.16 Å². The summed E-state index contributed by atoms with van der Waals surface area (Å²) in [6.45, 7) is 5.75. The standard InChI is InChI=1S/C13H14NO2P/c1-3-7-12-10(4-2)11-8-5-6-9-13(11)16-17(14)15-12/h3-9H,2,14H2,1H3/b7-3-. The number of para-hydroxylation sites is 1. The van der Waals surface area contributed by atoms with Crippen LogP contribution < -0.4 is 5.50 Å². The van der Waals surface area contributed by atoms with Crippen molar-refractivity contribution in [2.45, 2.75) is 6.92 Å². The quantitative estimate of drug-likeness (QED) is 0.848. The molecule has 0 radical (unpaired) electrons. The molecule has 1 heterocycles. The van der Waals surface area contributed by atoms with Crippen molar-refractivity contribution in [3.63, 3.8) is 0 Å². The van der Waals surface area contributed by atoms with E-state index in [4.69, 9.17) is 13.9 Å². The molecule has 0 spiro atoms. The molecule has 1 aromatic carbocycles. The molecule has 1 unspecified atom stereocenters. The van der Waals surface area contributed by atoms with Crippen molar-refractivity contribution in [3.05, 3.63) is 48.2 Å². The van der Waals surface area contributed by atoms with E-state index in [1.165, 1.54) is 0 Å². The third kappa shape index (κ3) is 2.36. The van der Waals surface area contributed by atoms with E-state index in [1.807, 2.05) is 43.3 Å². The van der Waals surface area contributed by atoms with Crippen LogP contribution in [0.3, 0.4) is 0 Å². The van der Waals surface area contributed by atoms with Crippen LogP contribution in [0, 0.1) is 0 Å². The van der Waals surface area contributed by atoms with Gasteiger partial charge in [-0.25, -0.2) is 5.50 Å². The van der Waals surface area contributed by atoms with Gasteiger partial charge in [0.2, 0.25) is 0 Å². The first kappa shape index (κ1) is 11.8. The maximum atomic E-state index is 5.81. The number of benzene rings is 1. The Hall–Kier alpha value is -1.70. The number of nitrogen functional groups attached to an aromatic ring is 1. The minimum atomic E-state index is -1.44. The first-order valence-electron chi connectivity index (χ1n) is 5.26.